The first-order valence-corrected chi connectivity index (χ1v) is 15.5. The number of hydrogen-bond donors (Lipinski definition) is 4. The number of carbonyl (C=O) groups excluding carboxylic acids is 2. The molecule has 6 nitrogen and oxygen atoms in total. The third-order valence-corrected chi connectivity index (χ3v) is 9.42. The van der Waals surface area contributed by atoms with Gasteiger partial charge in [-0.05, 0) is 84.3 Å². The molecule has 2 atom stereocenters. The van der Waals surface area contributed by atoms with E-state index in [1.165, 1.54) is 0 Å². The molecule has 0 aliphatic carbocycles. The molecular weight excluding hydrogens is 536 g/mol. The van der Waals surface area contributed by atoms with Crippen LogP contribution in [0.2, 0.25) is 0 Å². The highest BCUT2D eigenvalue weighted by Crippen LogP contribution is 2.37. The minimum absolute atomic E-state index is 0.415. The number of fused-ring (bicyclic) bond motifs is 2. The second-order valence-corrected chi connectivity index (χ2v) is 12.3. The summed E-state index contributed by atoms with van der Waals surface area (Å²) < 4.78 is 0. The summed E-state index contributed by atoms with van der Waals surface area (Å²) in [6.07, 6.45) is 1.66. The largest absolute Gasteiger partial charge is 0.387 e. The normalized spacial score (nSPS) is 14.0. The van der Waals surface area contributed by atoms with Gasteiger partial charge in [-0.2, -0.15) is 0 Å². The van der Waals surface area contributed by atoms with Crippen LogP contribution < -0.4 is 10.6 Å². The van der Waals surface area contributed by atoms with Crippen molar-refractivity contribution < 1.29 is 19.8 Å². The molecule has 0 aliphatic heterocycles. The molecule has 228 valence electrons. The monoisotopic (exact) mass is 582 g/mol. The van der Waals surface area contributed by atoms with Crippen molar-refractivity contribution in [3.05, 3.63) is 96.1 Å². The third-order valence-electron chi connectivity index (χ3n) is 9.42. The first-order chi connectivity index (χ1) is 20.4. The molecule has 0 saturated heterocycles. The van der Waals surface area contributed by atoms with Crippen LogP contribution in [0.5, 0.6) is 0 Å². The van der Waals surface area contributed by atoms with Crippen LogP contribution in [-0.2, 0) is 9.59 Å². The molecule has 6 heteroatoms. The average molecular weight is 583 g/mol. The van der Waals surface area contributed by atoms with Crippen molar-refractivity contribution in [3.63, 3.8) is 0 Å². The van der Waals surface area contributed by atoms with Gasteiger partial charge in [0.25, 0.3) is 0 Å². The summed E-state index contributed by atoms with van der Waals surface area (Å²) in [6.45, 7) is 10.7. The van der Waals surface area contributed by atoms with Crippen molar-refractivity contribution in [1.29, 1.82) is 0 Å². The SMILES string of the molecule is CCC(O)(CC)C(NC(=O)C(C)(C)C(=O)NC(c1ccc2ccccc2c1)C(O)(CC)CC)c1ccc2ccccc2c1. The van der Waals surface area contributed by atoms with E-state index in [0.717, 1.165) is 32.7 Å². The molecular formula is C37H46N2O4. The Labute approximate surface area is 255 Å². The minimum atomic E-state index is -1.50. The molecule has 0 heterocycles. The summed E-state index contributed by atoms with van der Waals surface area (Å²) in [5, 5.41) is 33.6. The molecule has 0 aromatic heterocycles. The number of aliphatic hydroxyl groups is 2. The second kappa shape index (κ2) is 12.9. The molecule has 2 amide bonds. The summed E-state index contributed by atoms with van der Waals surface area (Å²) in [5.41, 5.74) is -2.40. The maximum atomic E-state index is 14.0. The molecule has 2 unspecified atom stereocenters. The van der Waals surface area contributed by atoms with Gasteiger partial charge in [-0.1, -0.05) is 100 Å². The van der Waals surface area contributed by atoms with E-state index >= 15 is 0 Å². The van der Waals surface area contributed by atoms with Crippen molar-refractivity contribution in [1.82, 2.24) is 10.6 Å². The van der Waals surface area contributed by atoms with E-state index in [-0.39, 0.29) is 0 Å². The highest BCUT2D eigenvalue weighted by molar-refractivity contribution is 6.04. The average Bonchev–Trinajstić information content (AvgIpc) is 3.04. The van der Waals surface area contributed by atoms with Crippen LogP contribution in [0.4, 0.5) is 0 Å². The van der Waals surface area contributed by atoms with Gasteiger partial charge in [-0.15, -0.1) is 0 Å². The molecule has 4 rings (SSSR count). The third kappa shape index (κ3) is 6.46. The minimum Gasteiger partial charge on any atom is -0.387 e. The van der Waals surface area contributed by atoms with Gasteiger partial charge < -0.3 is 20.8 Å². The smallest absolute Gasteiger partial charge is 0.235 e. The maximum absolute atomic E-state index is 14.0. The number of benzene rings is 4. The first-order valence-electron chi connectivity index (χ1n) is 15.5. The fourth-order valence-corrected chi connectivity index (χ4v) is 5.87. The van der Waals surface area contributed by atoms with E-state index in [2.05, 4.69) is 10.6 Å². The van der Waals surface area contributed by atoms with Crippen molar-refractivity contribution >= 4 is 33.4 Å². The lowest BCUT2D eigenvalue weighted by Crippen LogP contribution is -2.55. The van der Waals surface area contributed by atoms with Gasteiger partial charge in [0.2, 0.25) is 11.8 Å². The van der Waals surface area contributed by atoms with E-state index in [0.29, 0.717) is 25.7 Å². The summed E-state index contributed by atoms with van der Waals surface area (Å²) in [4.78, 5) is 27.9. The van der Waals surface area contributed by atoms with E-state index < -0.39 is 40.5 Å². The lowest BCUT2D eigenvalue weighted by Gasteiger charge is -2.39. The van der Waals surface area contributed by atoms with Gasteiger partial charge in [0.05, 0.1) is 23.3 Å². The fourth-order valence-electron chi connectivity index (χ4n) is 5.87. The van der Waals surface area contributed by atoms with Gasteiger partial charge in [0.1, 0.15) is 5.41 Å². The summed E-state index contributed by atoms with van der Waals surface area (Å²) in [6, 6.07) is 26.2. The molecule has 0 aliphatic rings. The molecule has 0 bridgehead atoms. The van der Waals surface area contributed by atoms with Crippen LogP contribution in [0.25, 0.3) is 21.5 Å². The molecule has 4 N–H and O–H groups in total. The Morgan fingerprint density at radius 3 is 1.23 bits per heavy atom. The molecule has 0 saturated carbocycles. The van der Waals surface area contributed by atoms with Crippen LogP contribution in [0.3, 0.4) is 0 Å². The Bertz CT molecular complexity index is 1470. The maximum Gasteiger partial charge on any atom is 0.235 e. The predicted molar refractivity (Wildman–Crippen MR) is 175 cm³/mol. The number of rotatable bonds is 12. The number of amides is 2. The predicted octanol–water partition coefficient (Wildman–Crippen LogP) is 7.14. The Hall–Kier alpha value is -3.74. The van der Waals surface area contributed by atoms with Crippen molar-refractivity contribution in [2.75, 3.05) is 0 Å². The van der Waals surface area contributed by atoms with Gasteiger partial charge >= 0.3 is 0 Å². The lowest BCUT2D eigenvalue weighted by molar-refractivity contribution is -0.145. The summed E-state index contributed by atoms with van der Waals surface area (Å²) in [7, 11) is 0. The number of carbonyl (C=O) groups is 2. The molecule has 0 spiro atoms. The standard InChI is InChI=1S/C37H46N2O4/c1-7-36(42,8-2)31(29-21-19-25-15-11-13-17-27(25)23-29)38-33(40)35(5,6)34(41)39-32(37(43,9-3)10-4)30-22-20-26-16-12-14-18-28(26)24-30/h11-24,31-32,42-43H,7-10H2,1-6H3,(H,38,40)(H,39,41). The Morgan fingerprint density at radius 1 is 0.581 bits per heavy atom. The fraction of sp³-hybridized carbons (Fsp3) is 0.405. The zero-order valence-corrected chi connectivity index (χ0v) is 26.3. The van der Waals surface area contributed by atoms with Crippen LogP contribution in [-0.4, -0.2) is 33.2 Å². The molecule has 4 aromatic carbocycles. The van der Waals surface area contributed by atoms with E-state index in [1.54, 1.807) is 13.8 Å². The zero-order valence-electron chi connectivity index (χ0n) is 26.3. The van der Waals surface area contributed by atoms with Crippen LogP contribution in [0, 0.1) is 5.41 Å². The highest BCUT2D eigenvalue weighted by atomic mass is 16.3. The Balaban J connectivity index is 1.66. The summed E-state index contributed by atoms with van der Waals surface area (Å²) >= 11 is 0. The van der Waals surface area contributed by atoms with Crippen LogP contribution in [0.15, 0.2) is 84.9 Å². The summed E-state index contributed by atoms with van der Waals surface area (Å²) in [5.74, 6) is -1.01. The molecule has 0 radical (unpaired) electrons. The zero-order chi connectivity index (χ0) is 31.4. The molecule has 4 aromatic rings. The quantitative estimate of drug-likeness (QED) is 0.134. The number of hydrogen-bond acceptors (Lipinski definition) is 4. The van der Waals surface area contributed by atoms with Crippen LogP contribution >= 0.6 is 0 Å². The van der Waals surface area contributed by atoms with Crippen molar-refractivity contribution in [3.8, 4) is 0 Å². The molecule has 0 fully saturated rings. The Kier molecular flexibility index (Phi) is 9.63. The van der Waals surface area contributed by atoms with Crippen molar-refractivity contribution in [2.24, 2.45) is 5.41 Å². The topological polar surface area (TPSA) is 98.7 Å². The van der Waals surface area contributed by atoms with E-state index in [1.807, 2.05) is 113 Å². The Morgan fingerprint density at radius 2 is 0.907 bits per heavy atom. The number of nitrogens with one attached hydrogen (secondary N) is 2. The van der Waals surface area contributed by atoms with E-state index in [9.17, 15) is 19.8 Å². The second-order valence-electron chi connectivity index (χ2n) is 12.3. The lowest BCUT2D eigenvalue weighted by atomic mass is 9.80. The van der Waals surface area contributed by atoms with Crippen molar-refractivity contribution in [2.45, 2.75) is 90.5 Å². The first kappa shape index (κ1) is 32.2. The van der Waals surface area contributed by atoms with Crippen LogP contribution in [0.1, 0.15) is 90.4 Å². The molecule has 43 heavy (non-hydrogen) atoms. The highest BCUT2D eigenvalue weighted by Gasteiger charge is 2.44. The van der Waals surface area contributed by atoms with Gasteiger partial charge in [0, 0.05) is 0 Å². The van der Waals surface area contributed by atoms with Gasteiger partial charge in [-0.3, -0.25) is 9.59 Å². The van der Waals surface area contributed by atoms with Gasteiger partial charge in [0.15, 0.2) is 0 Å². The van der Waals surface area contributed by atoms with E-state index in [4.69, 9.17) is 0 Å². The van der Waals surface area contributed by atoms with Gasteiger partial charge in [-0.25, -0.2) is 0 Å².